The summed E-state index contributed by atoms with van der Waals surface area (Å²) in [5.74, 6) is 0. The monoisotopic (exact) mass is 147 g/mol. The van der Waals surface area contributed by atoms with E-state index in [2.05, 4.69) is 0 Å². The molecule has 0 aromatic heterocycles. The van der Waals surface area contributed by atoms with Crippen molar-refractivity contribution < 1.29 is 34.4 Å². The van der Waals surface area contributed by atoms with Gasteiger partial charge in [-0.2, -0.15) is 0 Å². The van der Waals surface area contributed by atoms with Crippen molar-refractivity contribution in [1.29, 1.82) is 0 Å². The van der Waals surface area contributed by atoms with E-state index >= 15 is 0 Å². The topological polar surface area (TPSA) is 0 Å². The molecule has 0 saturated carbocycles. The largest absolute Gasteiger partial charge is 0 e. The third kappa shape index (κ3) is 10.5. The molecule has 0 saturated heterocycles. The van der Waals surface area contributed by atoms with Crippen LogP contribution in [0.25, 0.3) is 0 Å². The van der Waals surface area contributed by atoms with Gasteiger partial charge in [-0.3, -0.25) is 0 Å². The molecule has 0 aliphatic carbocycles. The third-order valence-corrected chi connectivity index (χ3v) is 0. The molecule has 0 amide bonds. The molecule has 0 rings (SSSR count). The van der Waals surface area contributed by atoms with Crippen molar-refractivity contribution in [3.63, 3.8) is 0 Å². The van der Waals surface area contributed by atoms with Crippen molar-refractivity contribution in [2.75, 3.05) is 0 Å². The van der Waals surface area contributed by atoms with E-state index < -0.39 is 0 Å². The average Bonchev–Trinajstić information content (AvgIpc) is 0. The maximum atomic E-state index is 0. The molecule has 0 unspecified atom stereocenters. The van der Waals surface area contributed by atoms with Crippen molar-refractivity contribution in [3.8, 4) is 0 Å². The fourth-order valence-corrected chi connectivity index (χ4v) is 0. The zero-order chi connectivity index (χ0) is 0. The summed E-state index contributed by atoms with van der Waals surface area (Å²) in [6.45, 7) is 0. The molecule has 0 aromatic carbocycles. The second-order valence-electron chi connectivity index (χ2n) is 0. The minimum Gasteiger partial charge on any atom is 0 e. The molecular formula is CCrMnSi. The Kier molecular flexibility index (Phi) is 422. The van der Waals surface area contributed by atoms with Gasteiger partial charge in [0, 0.05) is 52.8 Å². The first-order valence-corrected chi connectivity index (χ1v) is 0. The molecule has 4 heavy (non-hydrogen) atoms. The number of hydrogen-bond donors (Lipinski definition) is 0. The van der Waals surface area contributed by atoms with Crippen LogP contribution in [-0.2, 0) is 34.4 Å². The Hall–Kier alpha value is 1.27. The predicted molar refractivity (Wildman–Crippen MR) is 9.00 cm³/mol. The molecule has 0 aromatic rings. The van der Waals surface area contributed by atoms with Crippen LogP contribution in [0.3, 0.4) is 0 Å². The Morgan fingerprint density at radius 3 is 1.00 bits per heavy atom. The van der Waals surface area contributed by atoms with Crippen LogP contribution in [0.2, 0.25) is 0 Å². The van der Waals surface area contributed by atoms with Gasteiger partial charge in [-0.15, -0.1) is 0 Å². The zero-order valence-corrected chi connectivity index (χ0v) is 5.24. The summed E-state index contributed by atoms with van der Waals surface area (Å²) in [6.07, 6.45) is 0. The summed E-state index contributed by atoms with van der Waals surface area (Å²) >= 11 is 0. The predicted octanol–water partition coefficient (Wildman–Crippen LogP) is -0.305. The van der Waals surface area contributed by atoms with Gasteiger partial charge in [0.05, 0.1) is 0 Å². The van der Waals surface area contributed by atoms with Crippen LogP contribution in [-0.4, -0.2) is 11.0 Å². The summed E-state index contributed by atoms with van der Waals surface area (Å²) in [4.78, 5) is 0. The second kappa shape index (κ2) is 28.3. The molecule has 21 valence electrons. The quantitative estimate of drug-likeness (QED) is 0.412. The van der Waals surface area contributed by atoms with Crippen molar-refractivity contribution in [2.45, 2.75) is 0 Å². The van der Waals surface area contributed by atoms with Crippen molar-refractivity contribution in [1.82, 2.24) is 0 Å². The van der Waals surface area contributed by atoms with Crippen molar-refractivity contribution in [3.05, 3.63) is 7.43 Å². The Labute approximate surface area is 53.0 Å². The molecule has 0 atom stereocenters. The Balaban J connectivity index is 0. The summed E-state index contributed by atoms with van der Waals surface area (Å²) in [6, 6.07) is 0. The zero-order valence-electron chi connectivity index (χ0n) is 1.79. The van der Waals surface area contributed by atoms with Crippen LogP contribution < -0.4 is 0 Å². The van der Waals surface area contributed by atoms with E-state index in [0.717, 1.165) is 0 Å². The third-order valence-electron chi connectivity index (χ3n) is 0. The smallest absolute Gasteiger partial charge is 0 e. The average molecular weight is 147 g/mol. The van der Waals surface area contributed by atoms with E-state index in [1.807, 2.05) is 0 Å². The van der Waals surface area contributed by atoms with Gasteiger partial charge >= 0.3 is 0 Å². The van der Waals surface area contributed by atoms with Crippen molar-refractivity contribution in [2.24, 2.45) is 0 Å². The molecule has 0 heterocycles. The number of rotatable bonds is 0. The van der Waals surface area contributed by atoms with Gasteiger partial charge in [0.15, 0.2) is 0 Å². The molecule has 0 aliphatic heterocycles. The van der Waals surface area contributed by atoms with Crippen molar-refractivity contribution >= 4 is 11.0 Å². The fourth-order valence-electron chi connectivity index (χ4n) is 0. The van der Waals surface area contributed by atoms with Crippen LogP contribution in [0.4, 0.5) is 0 Å². The van der Waals surface area contributed by atoms with Gasteiger partial charge in [-0.1, -0.05) is 0 Å². The molecule has 9 radical (unpaired) electrons. The Morgan fingerprint density at radius 2 is 1.00 bits per heavy atom. The van der Waals surface area contributed by atoms with Crippen LogP contribution in [0.1, 0.15) is 0 Å². The van der Waals surface area contributed by atoms with E-state index in [-0.39, 0.29) is 52.8 Å². The maximum Gasteiger partial charge on any atom is 0 e. The van der Waals surface area contributed by atoms with Crippen LogP contribution in [0.5, 0.6) is 0 Å². The summed E-state index contributed by atoms with van der Waals surface area (Å²) < 4.78 is 0. The first kappa shape index (κ1) is 59.6. The Morgan fingerprint density at radius 1 is 1.00 bits per heavy atom. The summed E-state index contributed by atoms with van der Waals surface area (Å²) in [7, 11) is 0. The first-order valence-electron chi connectivity index (χ1n) is 0. The molecule has 0 N–H and O–H groups in total. The van der Waals surface area contributed by atoms with E-state index in [1.54, 1.807) is 0 Å². The minimum atomic E-state index is 0. The molecule has 0 nitrogen and oxygen atoms in total. The summed E-state index contributed by atoms with van der Waals surface area (Å²) in [5.41, 5.74) is 0. The fraction of sp³-hybridized carbons (Fsp3) is 0. The van der Waals surface area contributed by atoms with Gasteiger partial charge in [-0.25, -0.2) is 0 Å². The SMILES string of the molecule is [C].[Cr].[Mn].[Si]. The first-order chi connectivity index (χ1) is 0. The van der Waals surface area contributed by atoms with Gasteiger partial charge in [0.2, 0.25) is 0 Å². The minimum absolute atomic E-state index is 0. The van der Waals surface area contributed by atoms with E-state index in [9.17, 15) is 0 Å². The van der Waals surface area contributed by atoms with Gasteiger partial charge < -0.3 is 0 Å². The molecule has 0 spiro atoms. The standard InChI is InChI=1S/C.Cr.Mn.Si. The van der Waals surface area contributed by atoms with Gasteiger partial charge in [-0.05, 0) is 0 Å². The van der Waals surface area contributed by atoms with Gasteiger partial charge in [0.1, 0.15) is 0 Å². The normalized spacial score (nSPS) is 0. The Bertz CT molecular complexity index is 8.00. The van der Waals surface area contributed by atoms with Crippen LogP contribution in [0, 0.1) is 7.43 Å². The second-order valence-corrected chi connectivity index (χ2v) is 0. The van der Waals surface area contributed by atoms with E-state index in [1.165, 1.54) is 0 Å². The van der Waals surface area contributed by atoms with Gasteiger partial charge in [0.25, 0.3) is 0 Å². The summed E-state index contributed by atoms with van der Waals surface area (Å²) in [5, 5.41) is 0. The van der Waals surface area contributed by atoms with Crippen LogP contribution >= 0.6 is 0 Å². The molecule has 0 bridgehead atoms. The molecule has 3 heteroatoms. The molecule has 0 aliphatic rings. The maximum absolute atomic E-state index is 0. The molecule has 0 fully saturated rings. The van der Waals surface area contributed by atoms with Crippen LogP contribution in [0.15, 0.2) is 0 Å². The van der Waals surface area contributed by atoms with E-state index in [4.69, 9.17) is 0 Å². The number of hydrogen-bond acceptors (Lipinski definition) is 0. The molecular weight excluding hydrogens is 147 g/mol. The van der Waals surface area contributed by atoms with E-state index in [0.29, 0.717) is 0 Å².